The average Bonchev–Trinajstić information content (AvgIpc) is 3.17. The normalized spacial score (nSPS) is 14.9. The highest BCUT2D eigenvalue weighted by Crippen LogP contribution is 2.39. The SMILES string of the molecule is COc1cccc(/C=C2\SC(=O)N(Cc3cccc4ccccc34)C2=O)c1OS(=O)(=O)c1ccc(Cl)cc1. The van der Waals surface area contributed by atoms with Crippen LogP contribution >= 0.6 is 23.4 Å². The molecule has 38 heavy (non-hydrogen) atoms. The first kappa shape index (κ1) is 25.8. The maximum atomic E-state index is 13.3. The van der Waals surface area contributed by atoms with E-state index >= 15 is 0 Å². The fourth-order valence-electron chi connectivity index (χ4n) is 4.03. The molecule has 2 amide bonds. The average molecular weight is 566 g/mol. The number of hydrogen-bond acceptors (Lipinski definition) is 7. The zero-order valence-corrected chi connectivity index (χ0v) is 22.3. The van der Waals surface area contributed by atoms with Crippen LogP contribution < -0.4 is 8.92 Å². The van der Waals surface area contributed by atoms with Crippen molar-refractivity contribution in [1.29, 1.82) is 0 Å². The molecule has 0 aliphatic carbocycles. The summed E-state index contributed by atoms with van der Waals surface area (Å²) in [5.41, 5.74) is 1.10. The second kappa shape index (κ2) is 10.5. The van der Waals surface area contributed by atoms with Gasteiger partial charge >= 0.3 is 10.1 Å². The Balaban J connectivity index is 1.47. The summed E-state index contributed by atoms with van der Waals surface area (Å²) in [4.78, 5) is 27.3. The quantitative estimate of drug-likeness (QED) is 0.186. The van der Waals surface area contributed by atoms with Crippen LogP contribution in [0.2, 0.25) is 5.02 Å². The second-order valence-electron chi connectivity index (χ2n) is 8.28. The summed E-state index contributed by atoms with van der Waals surface area (Å²) in [6.07, 6.45) is 1.43. The second-order valence-corrected chi connectivity index (χ2v) is 11.3. The van der Waals surface area contributed by atoms with E-state index in [1.807, 2.05) is 42.5 Å². The molecule has 4 aromatic carbocycles. The molecule has 0 aromatic heterocycles. The summed E-state index contributed by atoms with van der Waals surface area (Å²) in [5.74, 6) is -0.445. The number of para-hydroxylation sites is 1. The monoisotopic (exact) mass is 565 g/mol. The lowest BCUT2D eigenvalue weighted by Gasteiger charge is -2.15. The Hall–Kier alpha value is -3.79. The molecule has 0 bridgehead atoms. The Labute approximate surface area is 228 Å². The molecule has 5 rings (SSSR count). The predicted molar refractivity (Wildman–Crippen MR) is 148 cm³/mol. The van der Waals surface area contributed by atoms with Crippen LogP contribution in [0.15, 0.2) is 94.7 Å². The van der Waals surface area contributed by atoms with Crippen LogP contribution in [-0.2, 0) is 21.5 Å². The molecule has 0 saturated carbocycles. The van der Waals surface area contributed by atoms with Gasteiger partial charge in [-0.25, -0.2) is 0 Å². The molecule has 7 nitrogen and oxygen atoms in total. The first-order chi connectivity index (χ1) is 18.3. The van der Waals surface area contributed by atoms with Crippen molar-refractivity contribution in [3.8, 4) is 11.5 Å². The van der Waals surface area contributed by atoms with Gasteiger partial charge in [-0.15, -0.1) is 0 Å². The molecule has 0 radical (unpaired) electrons. The van der Waals surface area contributed by atoms with Gasteiger partial charge in [0.25, 0.3) is 11.1 Å². The fourth-order valence-corrected chi connectivity index (χ4v) is 5.95. The molecule has 1 aliphatic rings. The molecule has 1 fully saturated rings. The van der Waals surface area contributed by atoms with E-state index in [1.165, 1.54) is 48.4 Å². The third kappa shape index (κ3) is 5.13. The number of hydrogen-bond donors (Lipinski definition) is 0. The van der Waals surface area contributed by atoms with E-state index in [-0.39, 0.29) is 33.4 Å². The zero-order chi connectivity index (χ0) is 26.9. The van der Waals surface area contributed by atoms with Crippen LogP contribution in [0.25, 0.3) is 16.8 Å². The third-order valence-electron chi connectivity index (χ3n) is 5.89. The molecule has 0 atom stereocenters. The number of rotatable bonds is 7. The zero-order valence-electron chi connectivity index (χ0n) is 20.0. The molecule has 0 spiro atoms. The van der Waals surface area contributed by atoms with Gasteiger partial charge in [-0.3, -0.25) is 14.5 Å². The lowest BCUT2D eigenvalue weighted by molar-refractivity contribution is -0.123. The van der Waals surface area contributed by atoms with E-state index in [0.29, 0.717) is 5.02 Å². The van der Waals surface area contributed by atoms with Crippen molar-refractivity contribution in [3.05, 3.63) is 106 Å². The Bertz CT molecular complexity index is 1700. The van der Waals surface area contributed by atoms with E-state index in [9.17, 15) is 18.0 Å². The van der Waals surface area contributed by atoms with Crippen LogP contribution in [0.5, 0.6) is 11.5 Å². The molecule has 4 aromatic rings. The van der Waals surface area contributed by atoms with Crippen molar-refractivity contribution in [3.63, 3.8) is 0 Å². The number of methoxy groups -OCH3 is 1. The van der Waals surface area contributed by atoms with Crippen molar-refractivity contribution in [2.75, 3.05) is 7.11 Å². The van der Waals surface area contributed by atoms with E-state index in [0.717, 1.165) is 28.1 Å². The van der Waals surface area contributed by atoms with Gasteiger partial charge < -0.3 is 8.92 Å². The number of benzene rings is 4. The van der Waals surface area contributed by atoms with Crippen LogP contribution in [0, 0.1) is 0 Å². The summed E-state index contributed by atoms with van der Waals surface area (Å²) >= 11 is 6.66. The van der Waals surface area contributed by atoms with Gasteiger partial charge in [0.1, 0.15) is 4.90 Å². The van der Waals surface area contributed by atoms with Crippen molar-refractivity contribution in [1.82, 2.24) is 4.90 Å². The largest absolute Gasteiger partial charge is 0.493 e. The first-order valence-corrected chi connectivity index (χ1v) is 14.0. The van der Waals surface area contributed by atoms with Gasteiger partial charge in [-0.05, 0) is 64.5 Å². The highest BCUT2D eigenvalue weighted by Gasteiger charge is 2.35. The van der Waals surface area contributed by atoms with Crippen LogP contribution in [0.4, 0.5) is 4.79 Å². The molecule has 0 unspecified atom stereocenters. The van der Waals surface area contributed by atoms with Crippen LogP contribution in [-0.4, -0.2) is 31.6 Å². The fraction of sp³-hybridized carbons (Fsp3) is 0.0714. The van der Waals surface area contributed by atoms with Crippen molar-refractivity contribution in [2.24, 2.45) is 0 Å². The molecule has 1 saturated heterocycles. The van der Waals surface area contributed by atoms with E-state index < -0.39 is 21.3 Å². The molecule has 1 aliphatic heterocycles. The highest BCUT2D eigenvalue weighted by atomic mass is 35.5. The smallest absolute Gasteiger partial charge is 0.339 e. The van der Waals surface area contributed by atoms with Crippen molar-refractivity contribution >= 4 is 61.5 Å². The number of halogens is 1. The number of carbonyl (C=O) groups is 2. The number of amides is 2. The highest BCUT2D eigenvalue weighted by molar-refractivity contribution is 8.18. The summed E-state index contributed by atoms with van der Waals surface area (Å²) < 4.78 is 36.7. The summed E-state index contributed by atoms with van der Waals surface area (Å²) in [6.45, 7) is 0.107. The molecular formula is C28H20ClNO6S2. The predicted octanol–water partition coefficient (Wildman–Crippen LogP) is 6.51. The van der Waals surface area contributed by atoms with Crippen LogP contribution in [0.3, 0.4) is 0 Å². The number of nitrogens with zero attached hydrogens (tertiary/aromatic N) is 1. The lowest BCUT2D eigenvalue weighted by atomic mass is 10.0. The van der Waals surface area contributed by atoms with Gasteiger partial charge in [0, 0.05) is 10.6 Å². The van der Waals surface area contributed by atoms with Crippen LogP contribution in [0.1, 0.15) is 11.1 Å². The Morgan fingerprint density at radius 3 is 2.39 bits per heavy atom. The number of ether oxygens (including phenoxy) is 1. The van der Waals surface area contributed by atoms with E-state index in [2.05, 4.69) is 0 Å². The minimum absolute atomic E-state index is 0.103. The maximum Gasteiger partial charge on any atom is 0.339 e. The summed E-state index contributed by atoms with van der Waals surface area (Å²) in [6, 6.07) is 23.7. The number of fused-ring (bicyclic) bond motifs is 1. The minimum Gasteiger partial charge on any atom is -0.493 e. The standard InChI is InChI=1S/C28H20ClNO6S2/c1-35-24-11-5-8-19(26(24)36-38(33,34)22-14-12-21(29)13-15-22)16-25-27(31)30(28(32)37-25)17-20-9-4-7-18-6-2-3-10-23(18)20/h2-16H,17H2,1H3/b25-16-. The summed E-state index contributed by atoms with van der Waals surface area (Å²) in [7, 11) is -2.88. The van der Waals surface area contributed by atoms with E-state index in [4.69, 9.17) is 20.5 Å². The minimum atomic E-state index is -4.25. The Morgan fingerprint density at radius 2 is 1.63 bits per heavy atom. The number of imide groups is 1. The lowest BCUT2D eigenvalue weighted by Crippen LogP contribution is -2.27. The van der Waals surface area contributed by atoms with Crippen molar-refractivity contribution in [2.45, 2.75) is 11.4 Å². The first-order valence-electron chi connectivity index (χ1n) is 11.4. The Morgan fingerprint density at radius 1 is 0.921 bits per heavy atom. The molecule has 1 heterocycles. The molecule has 192 valence electrons. The van der Waals surface area contributed by atoms with Gasteiger partial charge in [-0.1, -0.05) is 66.2 Å². The maximum absolute atomic E-state index is 13.3. The summed E-state index contributed by atoms with van der Waals surface area (Å²) in [5, 5.41) is 1.91. The topological polar surface area (TPSA) is 90.0 Å². The van der Waals surface area contributed by atoms with E-state index in [1.54, 1.807) is 12.1 Å². The molecule has 0 N–H and O–H groups in total. The van der Waals surface area contributed by atoms with Gasteiger partial charge in [-0.2, -0.15) is 8.42 Å². The Kier molecular flexibility index (Phi) is 7.16. The third-order valence-corrected chi connectivity index (χ3v) is 8.29. The van der Waals surface area contributed by atoms with Gasteiger partial charge in [0.15, 0.2) is 11.5 Å². The van der Waals surface area contributed by atoms with Gasteiger partial charge in [0.2, 0.25) is 0 Å². The van der Waals surface area contributed by atoms with Crippen molar-refractivity contribution < 1.29 is 26.9 Å². The molecule has 10 heteroatoms. The number of carbonyl (C=O) groups excluding carboxylic acids is 2. The number of thioether (sulfide) groups is 1. The molecular weight excluding hydrogens is 546 g/mol. The van der Waals surface area contributed by atoms with Gasteiger partial charge in [0.05, 0.1) is 18.6 Å².